The third-order valence-corrected chi connectivity index (χ3v) is 6.87. The lowest BCUT2D eigenvalue weighted by Gasteiger charge is -2.27. The van der Waals surface area contributed by atoms with Gasteiger partial charge in [-0.3, -0.25) is 19.4 Å². The molecule has 2 aromatic heterocycles. The first-order valence-corrected chi connectivity index (χ1v) is 12.4. The van der Waals surface area contributed by atoms with Crippen LogP contribution in [-0.2, 0) is 4.79 Å². The van der Waals surface area contributed by atoms with Crippen molar-refractivity contribution in [3.8, 4) is 11.1 Å². The van der Waals surface area contributed by atoms with Crippen LogP contribution < -0.4 is 10.9 Å². The Morgan fingerprint density at radius 3 is 2.67 bits per heavy atom. The predicted molar refractivity (Wildman–Crippen MR) is 135 cm³/mol. The second-order valence-corrected chi connectivity index (χ2v) is 10.6. The van der Waals surface area contributed by atoms with Crippen LogP contribution in [0.2, 0.25) is 0 Å². The summed E-state index contributed by atoms with van der Waals surface area (Å²) in [4.78, 5) is 38.6. The van der Waals surface area contributed by atoms with Crippen molar-refractivity contribution in [1.29, 1.82) is 0 Å². The van der Waals surface area contributed by atoms with Crippen LogP contribution >= 0.6 is 11.3 Å². The molecule has 33 heavy (non-hydrogen) atoms. The van der Waals surface area contributed by atoms with Gasteiger partial charge >= 0.3 is 0 Å². The Morgan fingerprint density at radius 1 is 1.18 bits per heavy atom. The molecule has 176 valence electrons. The van der Waals surface area contributed by atoms with E-state index in [1.54, 1.807) is 0 Å². The van der Waals surface area contributed by atoms with Gasteiger partial charge < -0.3 is 10.3 Å². The molecule has 0 unspecified atom stereocenters. The van der Waals surface area contributed by atoms with Gasteiger partial charge in [-0.1, -0.05) is 30.3 Å². The zero-order chi connectivity index (χ0) is 23.6. The van der Waals surface area contributed by atoms with Gasteiger partial charge in [0.1, 0.15) is 10.7 Å². The molecule has 1 aromatic carbocycles. The Bertz CT molecular complexity index is 1160. The first kappa shape index (κ1) is 23.6. The lowest BCUT2D eigenvalue weighted by Crippen LogP contribution is -2.46. The minimum absolute atomic E-state index is 0.00673. The van der Waals surface area contributed by atoms with Crippen molar-refractivity contribution in [3.63, 3.8) is 0 Å². The highest BCUT2D eigenvalue weighted by molar-refractivity contribution is 7.17. The van der Waals surface area contributed by atoms with E-state index < -0.39 is 0 Å². The summed E-state index contributed by atoms with van der Waals surface area (Å²) in [6.45, 7) is 11.9. The quantitative estimate of drug-likeness (QED) is 0.599. The molecule has 1 atom stereocenters. The molecule has 1 fully saturated rings. The summed E-state index contributed by atoms with van der Waals surface area (Å²) in [5.41, 5.74) is 1.65. The molecule has 7 nitrogen and oxygen atoms in total. The number of carbonyl (C=O) groups is 1. The number of nitrogens with zero attached hydrogens (tertiary/aromatic N) is 3. The topological polar surface area (TPSA) is 81.3 Å². The van der Waals surface area contributed by atoms with Gasteiger partial charge in [0.2, 0.25) is 5.91 Å². The number of hydrogen-bond donors (Lipinski definition) is 2. The molecule has 3 heterocycles. The number of hydrogen-bond acceptors (Lipinski definition) is 6. The number of rotatable bonds is 5. The fourth-order valence-electron chi connectivity index (χ4n) is 4.36. The first-order chi connectivity index (χ1) is 15.7. The van der Waals surface area contributed by atoms with E-state index in [4.69, 9.17) is 4.98 Å². The summed E-state index contributed by atoms with van der Waals surface area (Å²) in [6.07, 6.45) is 0.969. The van der Waals surface area contributed by atoms with Crippen molar-refractivity contribution >= 4 is 27.5 Å². The predicted octanol–water partition coefficient (Wildman–Crippen LogP) is 3.64. The maximum absolute atomic E-state index is 13.0. The maximum atomic E-state index is 13.0. The van der Waals surface area contributed by atoms with Crippen LogP contribution in [0, 0.1) is 0 Å². The fraction of sp³-hybridized carbons (Fsp3) is 0.480. The van der Waals surface area contributed by atoms with E-state index >= 15 is 0 Å². The second kappa shape index (κ2) is 9.75. The molecule has 1 amide bonds. The molecule has 0 aliphatic carbocycles. The zero-order valence-corrected chi connectivity index (χ0v) is 20.7. The van der Waals surface area contributed by atoms with E-state index in [0.717, 1.165) is 48.6 Å². The van der Waals surface area contributed by atoms with Crippen LogP contribution in [0.25, 0.3) is 21.3 Å². The molecule has 8 heteroatoms. The van der Waals surface area contributed by atoms with Crippen LogP contribution in [0.5, 0.6) is 0 Å². The standard InChI is InChI=1S/C25H33N5O2S/c1-17(30-12-8-11-29(13-14-30)15-20(31)28-25(2,3)4)22-26-23(32)21-19(16-33-24(21)27-22)18-9-6-5-7-10-18/h5-7,9-10,16-17H,8,11-15H2,1-4H3,(H,28,31)(H,26,27,32)/t17-/m1/s1. The van der Waals surface area contributed by atoms with E-state index in [2.05, 4.69) is 27.0 Å². The Balaban J connectivity index is 1.47. The molecule has 1 saturated heterocycles. The van der Waals surface area contributed by atoms with Crippen molar-refractivity contribution in [1.82, 2.24) is 25.1 Å². The van der Waals surface area contributed by atoms with E-state index in [9.17, 15) is 9.59 Å². The minimum Gasteiger partial charge on any atom is -0.350 e. The summed E-state index contributed by atoms with van der Waals surface area (Å²) in [6, 6.07) is 9.95. The van der Waals surface area contributed by atoms with Gasteiger partial charge in [0.15, 0.2) is 0 Å². The van der Waals surface area contributed by atoms with E-state index in [-0.39, 0.29) is 23.0 Å². The summed E-state index contributed by atoms with van der Waals surface area (Å²) < 4.78 is 0. The van der Waals surface area contributed by atoms with Crippen LogP contribution in [0.1, 0.15) is 46.0 Å². The van der Waals surface area contributed by atoms with Crippen molar-refractivity contribution in [2.45, 2.75) is 45.7 Å². The largest absolute Gasteiger partial charge is 0.350 e. The molecular formula is C25H33N5O2S. The average molecular weight is 468 g/mol. The third kappa shape index (κ3) is 5.69. The molecule has 2 N–H and O–H groups in total. The molecule has 1 aliphatic heterocycles. The number of aromatic amines is 1. The van der Waals surface area contributed by atoms with E-state index in [1.165, 1.54) is 11.3 Å². The lowest BCUT2D eigenvalue weighted by atomic mass is 10.1. The van der Waals surface area contributed by atoms with Gasteiger partial charge in [-0.15, -0.1) is 11.3 Å². The van der Waals surface area contributed by atoms with Crippen LogP contribution in [0.15, 0.2) is 40.5 Å². The van der Waals surface area contributed by atoms with Gasteiger partial charge in [0.05, 0.1) is 18.0 Å². The molecular weight excluding hydrogens is 434 g/mol. The molecule has 1 aliphatic rings. The molecule has 0 bridgehead atoms. The molecule has 4 rings (SSSR count). The smallest absolute Gasteiger partial charge is 0.260 e. The number of aromatic nitrogens is 2. The SMILES string of the molecule is C[C@H](c1nc2scc(-c3ccccc3)c2c(=O)[nH]1)N1CCCN(CC(=O)NC(C)(C)C)CC1. The van der Waals surface area contributed by atoms with Crippen molar-refractivity contribution in [2.24, 2.45) is 0 Å². The molecule has 3 aromatic rings. The lowest BCUT2D eigenvalue weighted by molar-refractivity contribution is -0.123. The molecule has 0 radical (unpaired) electrons. The fourth-order valence-corrected chi connectivity index (χ4v) is 5.32. The van der Waals surface area contributed by atoms with Gasteiger partial charge in [-0.2, -0.15) is 0 Å². The van der Waals surface area contributed by atoms with Crippen molar-refractivity contribution < 1.29 is 4.79 Å². The third-order valence-electron chi connectivity index (χ3n) is 6.00. The van der Waals surface area contributed by atoms with Crippen molar-refractivity contribution in [2.75, 3.05) is 32.7 Å². The van der Waals surface area contributed by atoms with Crippen LogP contribution in [0.4, 0.5) is 0 Å². The number of carbonyl (C=O) groups excluding carboxylic acids is 1. The normalized spacial score (nSPS) is 17.1. The number of benzene rings is 1. The van der Waals surface area contributed by atoms with E-state index in [1.807, 2.05) is 56.5 Å². The van der Waals surface area contributed by atoms with Crippen LogP contribution in [-0.4, -0.2) is 63.9 Å². The van der Waals surface area contributed by atoms with Crippen molar-refractivity contribution in [3.05, 3.63) is 51.9 Å². The summed E-state index contributed by atoms with van der Waals surface area (Å²) >= 11 is 1.51. The van der Waals surface area contributed by atoms with Gasteiger partial charge in [0.25, 0.3) is 5.56 Å². The summed E-state index contributed by atoms with van der Waals surface area (Å²) in [7, 11) is 0. The zero-order valence-electron chi connectivity index (χ0n) is 19.9. The van der Waals surface area contributed by atoms with E-state index in [0.29, 0.717) is 17.8 Å². The van der Waals surface area contributed by atoms with Gasteiger partial charge in [0, 0.05) is 36.1 Å². The Morgan fingerprint density at radius 2 is 1.94 bits per heavy atom. The maximum Gasteiger partial charge on any atom is 0.260 e. The molecule has 0 spiro atoms. The monoisotopic (exact) mass is 467 g/mol. The number of nitrogens with one attached hydrogen (secondary N) is 2. The van der Waals surface area contributed by atoms with Crippen LogP contribution in [0.3, 0.4) is 0 Å². The number of fused-ring (bicyclic) bond motifs is 1. The number of thiophene rings is 1. The minimum atomic E-state index is -0.220. The molecule has 0 saturated carbocycles. The Kier molecular flexibility index (Phi) is 6.97. The Hall–Kier alpha value is -2.55. The average Bonchev–Trinajstić information content (AvgIpc) is 3.06. The second-order valence-electron chi connectivity index (χ2n) is 9.79. The highest BCUT2D eigenvalue weighted by atomic mass is 32.1. The first-order valence-electron chi connectivity index (χ1n) is 11.6. The highest BCUT2D eigenvalue weighted by Gasteiger charge is 2.25. The van der Waals surface area contributed by atoms with Gasteiger partial charge in [-0.05, 0) is 46.2 Å². The Labute approximate surface area is 198 Å². The van der Waals surface area contributed by atoms with Gasteiger partial charge in [-0.25, -0.2) is 4.98 Å². The number of amides is 1. The summed E-state index contributed by atoms with van der Waals surface area (Å²) in [5.74, 6) is 0.764. The highest BCUT2D eigenvalue weighted by Crippen LogP contribution is 2.31. The number of H-pyrrole nitrogens is 1. The summed E-state index contributed by atoms with van der Waals surface area (Å²) in [5, 5.41) is 5.72.